The van der Waals surface area contributed by atoms with Crippen LogP contribution in [-0.4, -0.2) is 45.8 Å². The van der Waals surface area contributed by atoms with Crippen LogP contribution in [0.4, 0.5) is 0 Å². The summed E-state index contributed by atoms with van der Waals surface area (Å²) in [7, 11) is 1.72. The van der Waals surface area contributed by atoms with E-state index in [1.807, 2.05) is 6.92 Å². The fraction of sp³-hybridized carbons (Fsp3) is 1.00. The second-order valence-corrected chi connectivity index (χ2v) is 3.68. The molecule has 1 rings (SSSR count). The van der Waals surface area contributed by atoms with Gasteiger partial charge >= 0.3 is 0 Å². The molecule has 0 radical (unpaired) electrons. The first-order valence-corrected chi connectivity index (χ1v) is 5.24. The molecule has 0 atom stereocenters. The van der Waals surface area contributed by atoms with E-state index in [1.165, 1.54) is 0 Å². The zero-order valence-corrected chi connectivity index (χ0v) is 9.17. The highest BCUT2D eigenvalue weighted by atomic mass is 16.7. The van der Waals surface area contributed by atoms with Crippen molar-refractivity contribution in [1.82, 2.24) is 5.32 Å². The van der Waals surface area contributed by atoms with E-state index >= 15 is 0 Å². The molecule has 14 heavy (non-hydrogen) atoms. The van der Waals surface area contributed by atoms with E-state index in [2.05, 4.69) is 5.32 Å². The van der Waals surface area contributed by atoms with Gasteiger partial charge in [0.25, 0.3) is 0 Å². The molecular formula is C10H21NO3. The predicted molar refractivity (Wildman–Crippen MR) is 54.3 cm³/mol. The number of methoxy groups -OCH3 is 1. The van der Waals surface area contributed by atoms with Crippen LogP contribution >= 0.6 is 0 Å². The van der Waals surface area contributed by atoms with Gasteiger partial charge in [-0.05, 0) is 19.9 Å². The Bertz CT molecular complexity index is 146. The van der Waals surface area contributed by atoms with E-state index in [0.717, 1.165) is 45.8 Å². The molecule has 0 aliphatic carbocycles. The van der Waals surface area contributed by atoms with Gasteiger partial charge in [-0.15, -0.1) is 0 Å². The summed E-state index contributed by atoms with van der Waals surface area (Å²) in [5, 5.41) is 3.33. The Kier molecular flexibility index (Phi) is 5.40. The molecule has 0 aromatic carbocycles. The monoisotopic (exact) mass is 203 g/mol. The Morgan fingerprint density at radius 2 is 2.00 bits per heavy atom. The summed E-state index contributed by atoms with van der Waals surface area (Å²) in [4.78, 5) is 0. The fourth-order valence-electron chi connectivity index (χ4n) is 1.48. The Hall–Kier alpha value is -0.160. The molecule has 4 heteroatoms. The van der Waals surface area contributed by atoms with Crippen LogP contribution in [0, 0.1) is 0 Å². The van der Waals surface area contributed by atoms with Crippen molar-refractivity contribution in [2.24, 2.45) is 0 Å². The molecule has 1 aliphatic rings. The average Bonchev–Trinajstić information content (AvgIpc) is 2.59. The molecule has 84 valence electrons. The molecule has 0 unspecified atom stereocenters. The standard InChI is InChI=1S/C10H21NO3/c1-10(13-8-9-14-10)4-6-11-5-3-7-12-2/h11H,3-9H2,1-2H3. The number of ether oxygens (including phenoxy) is 3. The molecule has 4 nitrogen and oxygen atoms in total. The Balaban J connectivity index is 1.92. The maximum Gasteiger partial charge on any atom is 0.166 e. The van der Waals surface area contributed by atoms with E-state index in [0.29, 0.717) is 0 Å². The van der Waals surface area contributed by atoms with Crippen LogP contribution in [0.2, 0.25) is 0 Å². The van der Waals surface area contributed by atoms with Crippen molar-refractivity contribution in [3.8, 4) is 0 Å². The van der Waals surface area contributed by atoms with Crippen LogP contribution in [0.3, 0.4) is 0 Å². The summed E-state index contributed by atoms with van der Waals surface area (Å²) >= 11 is 0. The minimum atomic E-state index is -0.353. The Morgan fingerprint density at radius 3 is 2.64 bits per heavy atom. The van der Waals surface area contributed by atoms with Gasteiger partial charge in [0.1, 0.15) is 0 Å². The zero-order chi connectivity index (χ0) is 10.3. The van der Waals surface area contributed by atoms with Crippen molar-refractivity contribution in [3.05, 3.63) is 0 Å². The highest BCUT2D eigenvalue weighted by Gasteiger charge is 2.29. The molecule has 1 heterocycles. The molecule has 0 saturated carbocycles. The lowest BCUT2D eigenvalue weighted by Gasteiger charge is -2.22. The van der Waals surface area contributed by atoms with Gasteiger partial charge in [-0.25, -0.2) is 0 Å². The number of hydrogen-bond donors (Lipinski definition) is 1. The summed E-state index contributed by atoms with van der Waals surface area (Å²) in [6.07, 6.45) is 1.95. The van der Waals surface area contributed by atoms with E-state index in [4.69, 9.17) is 14.2 Å². The molecule has 1 fully saturated rings. The SMILES string of the molecule is COCCCNCCC1(C)OCCO1. The first-order valence-electron chi connectivity index (χ1n) is 5.24. The minimum absolute atomic E-state index is 0.353. The van der Waals surface area contributed by atoms with Gasteiger partial charge in [-0.2, -0.15) is 0 Å². The van der Waals surface area contributed by atoms with Crippen LogP contribution in [0.15, 0.2) is 0 Å². The molecule has 0 bridgehead atoms. The van der Waals surface area contributed by atoms with Crippen molar-refractivity contribution in [2.45, 2.75) is 25.6 Å². The van der Waals surface area contributed by atoms with Crippen molar-refractivity contribution >= 4 is 0 Å². The van der Waals surface area contributed by atoms with Crippen LogP contribution < -0.4 is 5.32 Å². The lowest BCUT2D eigenvalue weighted by Crippen LogP contribution is -2.31. The molecule has 1 aliphatic heterocycles. The number of nitrogens with one attached hydrogen (secondary N) is 1. The van der Waals surface area contributed by atoms with Crippen LogP contribution in [-0.2, 0) is 14.2 Å². The first-order chi connectivity index (χ1) is 6.77. The third kappa shape index (κ3) is 4.37. The topological polar surface area (TPSA) is 39.7 Å². The fourth-order valence-corrected chi connectivity index (χ4v) is 1.48. The van der Waals surface area contributed by atoms with E-state index in [-0.39, 0.29) is 5.79 Å². The molecule has 0 aromatic heterocycles. The third-order valence-electron chi connectivity index (χ3n) is 2.36. The predicted octanol–water partition coefficient (Wildman–Crippen LogP) is 0.766. The van der Waals surface area contributed by atoms with Gasteiger partial charge in [0.2, 0.25) is 0 Å². The lowest BCUT2D eigenvalue weighted by molar-refractivity contribution is -0.145. The summed E-state index contributed by atoms with van der Waals surface area (Å²) in [6, 6.07) is 0. The van der Waals surface area contributed by atoms with E-state index in [9.17, 15) is 0 Å². The van der Waals surface area contributed by atoms with Crippen LogP contribution in [0.25, 0.3) is 0 Å². The van der Waals surface area contributed by atoms with Gasteiger partial charge in [0.05, 0.1) is 13.2 Å². The lowest BCUT2D eigenvalue weighted by atomic mass is 10.2. The summed E-state index contributed by atoms with van der Waals surface area (Å²) in [5.74, 6) is -0.353. The molecule has 1 N–H and O–H groups in total. The van der Waals surface area contributed by atoms with E-state index < -0.39 is 0 Å². The van der Waals surface area contributed by atoms with Gasteiger partial charge in [0.15, 0.2) is 5.79 Å². The van der Waals surface area contributed by atoms with Gasteiger partial charge in [0, 0.05) is 26.7 Å². The summed E-state index contributed by atoms with van der Waals surface area (Å²) < 4.78 is 15.9. The Labute approximate surface area is 85.9 Å². The minimum Gasteiger partial charge on any atom is -0.385 e. The number of hydrogen-bond acceptors (Lipinski definition) is 4. The second-order valence-electron chi connectivity index (χ2n) is 3.68. The molecule has 0 aromatic rings. The summed E-state index contributed by atoms with van der Waals surface area (Å²) in [5.41, 5.74) is 0. The van der Waals surface area contributed by atoms with Crippen LogP contribution in [0.1, 0.15) is 19.8 Å². The smallest absolute Gasteiger partial charge is 0.166 e. The maximum atomic E-state index is 5.48. The molecular weight excluding hydrogens is 182 g/mol. The maximum absolute atomic E-state index is 5.48. The molecule has 0 spiro atoms. The molecule has 0 amide bonds. The van der Waals surface area contributed by atoms with Gasteiger partial charge in [-0.3, -0.25) is 0 Å². The van der Waals surface area contributed by atoms with Crippen LogP contribution in [0.5, 0.6) is 0 Å². The molecule has 1 saturated heterocycles. The highest BCUT2D eigenvalue weighted by Crippen LogP contribution is 2.21. The largest absolute Gasteiger partial charge is 0.385 e. The van der Waals surface area contributed by atoms with Crippen molar-refractivity contribution in [3.63, 3.8) is 0 Å². The highest BCUT2D eigenvalue weighted by molar-refractivity contribution is 4.69. The van der Waals surface area contributed by atoms with E-state index in [1.54, 1.807) is 7.11 Å². The number of rotatable bonds is 7. The van der Waals surface area contributed by atoms with Gasteiger partial charge < -0.3 is 19.5 Å². The third-order valence-corrected chi connectivity index (χ3v) is 2.36. The first kappa shape index (κ1) is 11.9. The second kappa shape index (κ2) is 6.35. The van der Waals surface area contributed by atoms with Crippen molar-refractivity contribution in [1.29, 1.82) is 0 Å². The van der Waals surface area contributed by atoms with Crippen molar-refractivity contribution < 1.29 is 14.2 Å². The van der Waals surface area contributed by atoms with Gasteiger partial charge in [-0.1, -0.05) is 0 Å². The van der Waals surface area contributed by atoms with Crippen molar-refractivity contribution in [2.75, 3.05) is 40.0 Å². The normalized spacial score (nSPS) is 20.1. The average molecular weight is 203 g/mol. The Morgan fingerprint density at radius 1 is 1.29 bits per heavy atom. The zero-order valence-electron chi connectivity index (χ0n) is 9.17. The summed E-state index contributed by atoms with van der Waals surface area (Å²) in [6.45, 7) is 6.18. The quantitative estimate of drug-likeness (QED) is 0.620.